The van der Waals surface area contributed by atoms with Gasteiger partial charge in [-0.05, 0) is 56.3 Å². The van der Waals surface area contributed by atoms with Crippen LogP contribution in [-0.4, -0.2) is 12.0 Å². The highest BCUT2D eigenvalue weighted by molar-refractivity contribution is 5.20. The van der Waals surface area contributed by atoms with Gasteiger partial charge in [-0.3, -0.25) is 4.98 Å². The largest absolute Gasteiger partial charge is 0.313 e. The molecule has 0 spiro atoms. The lowest BCUT2D eigenvalue weighted by Crippen LogP contribution is -2.28. The van der Waals surface area contributed by atoms with Crippen LogP contribution in [0.4, 0.5) is 0 Å². The second-order valence-corrected chi connectivity index (χ2v) is 5.52. The monoisotopic (exact) mass is 232 g/mol. The molecular formula is C15H24N2. The highest BCUT2D eigenvalue weighted by Crippen LogP contribution is 2.36. The van der Waals surface area contributed by atoms with Crippen LogP contribution in [-0.2, 0) is 0 Å². The van der Waals surface area contributed by atoms with Gasteiger partial charge >= 0.3 is 0 Å². The van der Waals surface area contributed by atoms with Crippen LogP contribution in [0.1, 0.15) is 49.9 Å². The molecule has 1 heterocycles. The van der Waals surface area contributed by atoms with Crippen molar-refractivity contribution in [2.75, 3.05) is 7.05 Å². The quantitative estimate of drug-likeness (QED) is 0.863. The van der Waals surface area contributed by atoms with Gasteiger partial charge in [0.15, 0.2) is 0 Å². The third-order valence-corrected chi connectivity index (χ3v) is 4.12. The van der Waals surface area contributed by atoms with Crippen LogP contribution in [0.2, 0.25) is 0 Å². The summed E-state index contributed by atoms with van der Waals surface area (Å²) in [7, 11) is 2.08. The molecule has 0 aliphatic heterocycles. The predicted molar refractivity (Wildman–Crippen MR) is 71.9 cm³/mol. The van der Waals surface area contributed by atoms with Crippen molar-refractivity contribution >= 4 is 0 Å². The van der Waals surface area contributed by atoms with Gasteiger partial charge in [-0.15, -0.1) is 0 Å². The zero-order chi connectivity index (χ0) is 12.3. The minimum absolute atomic E-state index is 0.504. The van der Waals surface area contributed by atoms with Crippen molar-refractivity contribution in [3.63, 3.8) is 0 Å². The van der Waals surface area contributed by atoms with Gasteiger partial charge in [0.05, 0.1) is 0 Å². The number of pyridine rings is 1. The van der Waals surface area contributed by atoms with Crippen LogP contribution in [0.5, 0.6) is 0 Å². The number of rotatable bonds is 3. The van der Waals surface area contributed by atoms with E-state index in [0.717, 1.165) is 17.5 Å². The number of hydrogen-bond donors (Lipinski definition) is 1. The summed E-state index contributed by atoms with van der Waals surface area (Å²) in [5, 5.41) is 3.50. The SMILES string of the molecule is CNC(c1ccnc(C)c1)C1CCC(C)CC1. The first-order valence-corrected chi connectivity index (χ1v) is 6.80. The fourth-order valence-electron chi connectivity index (χ4n) is 3.05. The smallest absolute Gasteiger partial charge is 0.0375 e. The first-order chi connectivity index (χ1) is 8.20. The van der Waals surface area contributed by atoms with Gasteiger partial charge in [0.2, 0.25) is 0 Å². The summed E-state index contributed by atoms with van der Waals surface area (Å²) in [6, 6.07) is 4.88. The molecule has 1 atom stereocenters. The molecule has 0 bridgehead atoms. The van der Waals surface area contributed by atoms with Crippen molar-refractivity contribution in [2.24, 2.45) is 11.8 Å². The summed E-state index contributed by atoms with van der Waals surface area (Å²) < 4.78 is 0. The zero-order valence-corrected chi connectivity index (χ0v) is 11.2. The van der Waals surface area contributed by atoms with E-state index in [1.165, 1.54) is 31.2 Å². The molecule has 1 aromatic rings. The predicted octanol–water partition coefficient (Wildman–Crippen LogP) is 3.48. The lowest BCUT2D eigenvalue weighted by Gasteiger charge is -2.33. The Kier molecular flexibility index (Phi) is 4.16. The van der Waals surface area contributed by atoms with Gasteiger partial charge < -0.3 is 5.32 Å². The number of nitrogens with zero attached hydrogens (tertiary/aromatic N) is 1. The van der Waals surface area contributed by atoms with E-state index >= 15 is 0 Å². The molecule has 2 nitrogen and oxygen atoms in total. The van der Waals surface area contributed by atoms with Crippen LogP contribution in [0.15, 0.2) is 18.3 Å². The molecule has 94 valence electrons. The topological polar surface area (TPSA) is 24.9 Å². The Balaban J connectivity index is 2.10. The second-order valence-electron chi connectivity index (χ2n) is 5.52. The minimum Gasteiger partial charge on any atom is -0.313 e. The average molecular weight is 232 g/mol. The van der Waals surface area contributed by atoms with Crippen molar-refractivity contribution in [1.29, 1.82) is 0 Å². The van der Waals surface area contributed by atoms with Gasteiger partial charge in [0.25, 0.3) is 0 Å². The van der Waals surface area contributed by atoms with Crippen molar-refractivity contribution in [3.8, 4) is 0 Å². The van der Waals surface area contributed by atoms with Crippen LogP contribution < -0.4 is 5.32 Å². The molecule has 1 fully saturated rings. The molecule has 1 unspecified atom stereocenters. The van der Waals surface area contributed by atoms with E-state index in [1.54, 1.807) is 0 Å². The Hall–Kier alpha value is -0.890. The van der Waals surface area contributed by atoms with E-state index in [2.05, 4.69) is 43.3 Å². The molecule has 1 N–H and O–H groups in total. The second kappa shape index (κ2) is 5.63. The maximum Gasteiger partial charge on any atom is 0.0375 e. The first-order valence-electron chi connectivity index (χ1n) is 6.80. The summed E-state index contributed by atoms with van der Waals surface area (Å²) in [5.41, 5.74) is 2.52. The number of nitrogens with one attached hydrogen (secondary N) is 1. The van der Waals surface area contributed by atoms with Gasteiger partial charge in [-0.1, -0.05) is 19.8 Å². The Morgan fingerprint density at radius 2 is 2.00 bits per heavy atom. The molecule has 2 rings (SSSR count). The van der Waals surface area contributed by atoms with Crippen molar-refractivity contribution in [2.45, 2.75) is 45.6 Å². The molecule has 2 heteroatoms. The molecule has 1 aliphatic rings. The molecule has 1 aliphatic carbocycles. The normalized spacial score (nSPS) is 26.8. The molecule has 0 radical (unpaired) electrons. The Bertz CT molecular complexity index is 354. The fourth-order valence-corrected chi connectivity index (χ4v) is 3.05. The van der Waals surface area contributed by atoms with Crippen LogP contribution in [0.25, 0.3) is 0 Å². The third-order valence-electron chi connectivity index (χ3n) is 4.12. The van der Waals surface area contributed by atoms with Crippen LogP contribution in [0.3, 0.4) is 0 Å². The number of hydrogen-bond acceptors (Lipinski definition) is 2. The summed E-state index contributed by atoms with van der Waals surface area (Å²) in [6.07, 6.45) is 7.41. The van der Waals surface area contributed by atoms with E-state index in [0.29, 0.717) is 6.04 Å². The third kappa shape index (κ3) is 3.06. The standard InChI is InChI=1S/C15H24N2/c1-11-4-6-13(7-5-11)15(16-3)14-8-9-17-12(2)10-14/h8-11,13,15-16H,4-7H2,1-3H3. The number of aromatic nitrogens is 1. The van der Waals surface area contributed by atoms with E-state index in [9.17, 15) is 0 Å². The van der Waals surface area contributed by atoms with Crippen molar-refractivity contribution in [3.05, 3.63) is 29.6 Å². The average Bonchev–Trinajstić information content (AvgIpc) is 2.33. The summed E-state index contributed by atoms with van der Waals surface area (Å²) >= 11 is 0. The molecule has 1 saturated carbocycles. The van der Waals surface area contributed by atoms with E-state index in [-0.39, 0.29) is 0 Å². The highest BCUT2D eigenvalue weighted by atomic mass is 14.9. The Morgan fingerprint density at radius 1 is 1.29 bits per heavy atom. The van der Waals surface area contributed by atoms with Gasteiger partial charge in [0.1, 0.15) is 0 Å². The summed E-state index contributed by atoms with van der Waals surface area (Å²) in [4.78, 5) is 4.29. The van der Waals surface area contributed by atoms with Gasteiger partial charge in [-0.25, -0.2) is 0 Å². The molecular weight excluding hydrogens is 208 g/mol. The van der Waals surface area contributed by atoms with Crippen molar-refractivity contribution < 1.29 is 0 Å². The van der Waals surface area contributed by atoms with Crippen LogP contribution in [0, 0.1) is 18.8 Å². The van der Waals surface area contributed by atoms with E-state index in [4.69, 9.17) is 0 Å². The maximum absolute atomic E-state index is 4.29. The zero-order valence-electron chi connectivity index (χ0n) is 11.2. The number of aryl methyl sites for hydroxylation is 1. The Morgan fingerprint density at radius 3 is 2.59 bits per heavy atom. The summed E-state index contributed by atoms with van der Waals surface area (Å²) in [5.74, 6) is 1.71. The lowest BCUT2D eigenvalue weighted by molar-refractivity contribution is 0.238. The Labute approximate surface area is 105 Å². The van der Waals surface area contributed by atoms with Gasteiger partial charge in [0, 0.05) is 17.9 Å². The fraction of sp³-hybridized carbons (Fsp3) is 0.667. The van der Waals surface area contributed by atoms with Crippen molar-refractivity contribution in [1.82, 2.24) is 10.3 Å². The molecule has 0 saturated heterocycles. The van der Waals surface area contributed by atoms with E-state index in [1.807, 2.05) is 6.20 Å². The molecule has 0 amide bonds. The first kappa shape index (κ1) is 12.6. The molecule has 1 aromatic heterocycles. The highest BCUT2D eigenvalue weighted by Gasteiger charge is 2.26. The maximum atomic E-state index is 4.29. The van der Waals surface area contributed by atoms with Gasteiger partial charge in [-0.2, -0.15) is 0 Å². The molecule has 0 aromatic carbocycles. The molecule has 17 heavy (non-hydrogen) atoms. The minimum atomic E-state index is 0.504. The van der Waals surface area contributed by atoms with Crippen LogP contribution >= 0.6 is 0 Å². The van der Waals surface area contributed by atoms with E-state index < -0.39 is 0 Å². The summed E-state index contributed by atoms with van der Waals surface area (Å²) in [6.45, 7) is 4.44. The lowest BCUT2D eigenvalue weighted by atomic mass is 9.77.